The van der Waals surface area contributed by atoms with Gasteiger partial charge in [0.25, 0.3) is 0 Å². The fourth-order valence-electron chi connectivity index (χ4n) is 2.51. The van der Waals surface area contributed by atoms with Crippen LogP contribution in [0.5, 0.6) is 0 Å². The summed E-state index contributed by atoms with van der Waals surface area (Å²) >= 11 is 0. The molecule has 1 N–H and O–H groups in total. The summed E-state index contributed by atoms with van der Waals surface area (Å²) in [6.07, 6.45) is 0. The lowest BCUT2D eigenvalue weighted by atomic mass is 9.93. The Balaban J connectivity index is 2.39. The van der Waals surface area contributed by atoms with E-state index in [2.05, 4.69) is 0 Å². The van der Waals surface area contributed by atoms with Gasteiger partial charge in [-0.15, -0.1) is 0 Å². The molecule has 22 heavy (non-hydrogen) atoms. The van der Waals surface area contributed by atoms with Crippen molar-refractivity contribution in [1.29, 1.82) is 5.26 Å². The van der Waals surface area contributed by atoms with Crippen LogP contribution in [0.4, 0.5) is 4.39 Å². The molecule has 0 saturated carbocycles. The van der Waals surface area contributed by atoms with Crippen LogP contribution < -0.4 is 0 Å². The van der Waals surface area contributed by atoms with Crippen LogP contribution in [-0.4, -0.2) is 11.1 Å². The van der Waals surface area contributed by atoms with Crippen LogP contribution in [-0.2, 0) is 0 Å². The first-order valence-corrected chi connectivity index (χ1v) is 6.57. The van der Waals surface area contributed by atoms with Crippen LogP contribution in [0.15, 0.2) is 54.6 Å². The Labute approximate surface area is 125 Å². The Morgan fingerprint density at radius 1 is 1.09 bits per heavy atom. The summed E-state index contributed by atoms with van der Waals surface area (Å²) in [5, 5.41) is 19.7. The highest BCUT2D eigenvalue weighted by Gasteiger charge is 2.14. The van der Waals surface area contributed by atoms with E-state index in [-0.39, 0.29) is 16.7 Å². The van der Waals surface area contributed by atoms with Gasteiger partial charge in [0.1, 0.15) is 5.82 Å². The molecule has 0 aromatic heterocycles. The van der Waals surface area contributed by atoms with Crippen molar-refractivity contribution in [2.75, 3.05) is 0 Å². The molecule has 0 atom stereocenters. The third kappa shape index (κ3) is 2.19. The first kappa shape index (κ1) is 13.8. The van der Waals surface area contributed by atoms with Crippen molar-refractivity contribution < 1.29 is 14.3 Å². The van der Waals surface area contributed by atoms with Gasteiger partial charge in [0.05, 0.1) is 17.2 Å². The molecule has 0 saturated heterocycles. The SMILES string of the molecule is N#Cc1cccc(F)c1-c1cccc2ccc(C(=O)O)cc12. The first-order valence-electron chi connectivity index (χ1n) is 6.57. The number of carbonyl (C=O) groups is 1. The lowest BCUT2D eigenvalue weighted by molar-refractivity contribution is 0.0697. The fourth-order valence-corrected chi connectivity index (χ4v) is 2.51. The van der Waals surface area contributed by atoms with Crippen LogP contribution in [0, 0.1) is 17.1 Å². The van der Waals surface area contributed by atoms with Gasteiger partial charge >= 0.3 is 5.97 Å². The average Bonchev–Trinajstić information content (AvgIpc) is 2.53. The quantitative estimate of drug-likeness (QED) is 0.769. The summed E-state index contributed by atoms with van der Waals surface area (Å²) in [5.74, 6) is -1.56. The number of carboxylic acid groups (broad SMARTS) is 1. The van der Waals surface area contributed by atoms with E-state index >= 15 is 0 Å². The topological polar surface area (TPSA) is 61.1 Å². The van der Waals surface area contributed by atoms with Crippen molar-refractivity contribution in [2.45, 2.75) is 0 Å². The number of aromatic carboxylic acids is 1. The minimum atomic E-state index is -1.05. The minimum absolute atomic E-state index is 0.120. The third-order valence-corrected chi connectivity index (χ3v) is 3.53. The molecule has 3 rings (SSSR count). The van der Waals surface area contributed by atoms with Crippen molar-refractivity contribution in [3.63, 3.8) is 0 Å². The molecular formula is C18H10FNO2. The summed E-state index contributed by atoms with van der Waals surface area (Å²) in [7, 11) is 0. The largest absolute Gasteiger partial charge is 0.478 e. The number of nitrogens with zero attached hydrogens (tertiary/aromatic N) is 1. The van der Waals surface area contributed by atoms with Gasteiger partial charge in [-0.25, -0.2) is 9.18 Å². The predicted molar refractivity (Wildman–Crippen MR) is 81.0 cm³/mol. The molecule has 3 aromatic carbocycles. The molecule has 4 heteroatoms. The number of carboxylic acids is 1. The summed E-state index contributed by atoms with van der Waals surface area (Å²) in [5.41, 5.74) is 1.04. The van der Waals surface area contributed by atoms with Gasteiger partial charge in [-0.1, -0.05) is 30.3 Å². The standard InChI is InChI=1S/C18H10FNO2/c19-16-6-2-4-13(10-20)17(16)14-5-1-3-11-7-8-12(18(21)22)9-15(11)14/h1-9H,(H,21,22). The monoisotopic (exact) mass is 291 g/mol. The molecule has 0 heterocycles. The van der Waals surface area contributed by atoms with E-state index in [0.717, 1.165) is 5.39 Å². The number of hydrogen-bond acceptors (Lipinski definition) is 2. The van der Waals surface area contributed by atoms with E-state index < -0.39 is 11.8 Å². The Hall–Kier alpha value is -3.19. The highest BCUT2D eigenvalue weighted by Crippen LogP contribution is 2.33. The maximum atomic E-state index is 14.2. The molecule has 0 bridgehead atoms. The second kappa shape index (κ2) is 5.30. The average molecular weight is 291 g/mol. The molecule has 0 aliphatic rings. The molecule has 0 unspecified atom stereocenters. The second-order valence-electron chi connectivity index (χ2n) is 4.82. The highest BCUT2D eigenvalue weighted by molar-refractivity contribution is 6.02. The smallest absolute Gasteiger partial charge is 0.335 e. The number of nitriles is 1. The zero-order valence-corrected chi connectivity index (χ0v) is 11.4. The number of fused-ring (bicyclic) bond motifs is 1. The van der Waals surface area contributed by atoms with Gasteiger partial charge in [0.15, 0.2) is 0 Å². The van der Waals surface area contributed by atoms with Crippen LogP contribution in [0.25, 0.3) is 21.9 Å². The second-order valence-corrected chi connectivity index (χ2v) is 4.82. The first-order chi connectivity index (χ1) is 10.6. The molecule has 0 aliphatic carbocycles. The van der Waals surface area contributed by atoms with E-state index in [0.29, 0.717) is 10.9 Å². The Bertz CT molecular complexity index is 941. The third-order valence-electron chi connectivity index (χ3n) is 3.53. The van der Waals surface area contributed by atoms with Gasteiger partial charge in [-0.05, 0) is 40.6 Å². The molecule has 0 fully saturated rings. The molecule has 0 radical (unpaired) electrons. The maximum absolute atomic E-state index is 14.2. The molecule has 3 nitrogen and oxygen atoms in total. The molecule has 0 aliphatic heterocycles. The lowest BCUT2D eigenvalue weighted by Gasteiger charge is -2.10. The van der Waals surface area contributed by atoms with Crippen molar-refractivity contribution in [2.24, 2.45) is 0 Å². The van der Waals surface area contributed by atoms with Crippen molar-refractivity contribution in [3.05, 3.63) is 71.5 Å². The van der Waals surface area contributed by atoms with E-state index in [4.69, 9.17) is 5.11 Å². The van der Waals surface area contributed by atoms with E-state index in [1.54, 1.807) is 18.2 Å². The molecule has 106 valence electrons. The maximum Gasteiger partial charge on any atom is 0.335 e. The minimum Gasteiger partial charge on any atom is -0.478 e. The summed E-state index contributed by atoms with van der Waals surface area (Å²) in [4.78, 5) is 11.2. The molecular weight excluding hydrogens is 281 g/mol. The highest BCUT2D eigenvalue weighted by atomic mass is 19.1. The number of benzene rings is 3. The predicted octanol–water partition coefficient (Wildman–Crippen LogP) is 4.22. The van der Waals surface area contributed by atoms with Gasteiger partial charge in [-0.3, -0.25) is 0 Å². The normalized spacial score (nSPS) is 10.4. The van der Waals surface area contributed by atoms with Crippen molar-refractivity contribution in [1.82, 2.24) is 0 Å². The Morgan fingerprint density at radius 2 is 1.86 bits per heavy atom. The van der Waals surface area contributed by atoms with Gasteiger partial charge in [0.2, 0.25) is 0 Å². The number of hydrogen-bond donors (Lipinski definition) is 1. The summed E-state index contributed by atoms with van der Waals surface area (Å²) in [6.45, 7) is 0. The number of halogens is 1. The van der Waals surface area contributed by atoms with Crippen LogP contribution in [0.1, 0.15) is 15.9 Å². The van der Waals surface area contributed by atoms with Crippen LogP contribution in [0.3, 0.4) is 0 Å². The van der Waals surface area contributed by atoms with Crippen molar-refractivity contribution >= 4 is 16.7 Å². The molecule has 0 amide bonds. The Kier molecular flexibility index (Phi) is 3.32. The van der Waals surface area contributed by atoms with E-state index in [1.165, 1.54) is 30.3 Å². The van der Waals surface area contributed by atoms with Gasteiger partial charge in [0, 0.05) is 5.56 Å². The lowest BCUT2D eigenvalue weighted by Crippen LogP contribution is -1.96. The van der Waals surface area contributed by atoms with Gasteiger partial charge in [-0.2, -0.15) is 5.26 Å². The summed E-state index contributed by atoms with van der Waals surface area (Å²) in [6, 6.07) is 16.2. The molecule has 3 aromatic rings. The van der Waals surface area contributed by atoms with E-state index in [9.17, 15) is 14.4 Å². The van der Waals surface area contributed by atoms with Crippen molar-refractivity contribution in [3.8, 4) is 17.2 Å². The fraction of sp³-hybridized carbons (Fsp3) is 0. The zero-order chi connectivity index (χ0) is 15.7. The summed E-state index contributed by atoms with van der Waals surface area (Å²) < 4.78 is 14.2. The van der Waals surface area contributed by atoms with Crippen LogP contribution in [0.2, 0.25) is 0 Å². The zero-order valence-electron chi connectivity index (χ0n) is 11.4. The van der Waals surface area contributed by atoms with Gasteiger partial charge < -0.3 is 5.11 Å². The molecule has 0 spiro atoms. The van der Waals surface area contributed by atoms with E-state index in [1.807, 2.05) is 12.1 Å². The Morgan fingerprint density at radius 3 is 2.59 bits per heavy atom. The number of rotatable bonds is 2. The van der Waals surface area contributed by atoms with Crippen LogP contribution >= 0.6 is 0 Å².